The molecular formula is C21H26BrN3O4S2. The van der Waals surface area contributed by atoms with Crippen LogP contribution in [-0.4, -0.2) is 43.4 Å². The lowest BCUT2D eigenvalue weighted by Gasteiger charge is -2.18. The molecule has 0 aliphatic heterocycles. The van der Waals surface area contributed by atoms with E-state index in [1.165, 1.54) is 16.4 Å². The van der Waals surface area contributed by atoms with Crippen LogP contribution in [0.3, 0.4) is 0 Å². The number of carbonyl (C=O) groups is 1. The van der Waals surface area contributed by atoms with Crippen LogP contribution in [0.2, 0.25) is 0 Å². The molecule has 0 fully saturated rings. The van der Waals surface area contributed by atoms with Gasteiger partial charge in [-0.1, -0.05) is 26.8 Å². The number of halogens is 1. The quantitative estimate of drug-likeness (QED) is 0.480. The van der Waals surface area contributed by atoms with E-state index >= 15 is 0 Å². The van der Waals surface area contributed by atoms with Crippen LogP contribution < -0.4 is 15.4 Å². The number of hydrogen-bond donors (Lipinski definition) is 2. The second-order valence-corrected chi connectivity index (χ2v) is 9.72. The van der Waals surface area contributed by atoms with Crippen molar-refractivity contribution >= 4 is 54.9 Å². The summed E-state index contributed by atoms with van der Waals surface area (Å²) in [5.74, 6) is 0.154. The molecular weight excluding hydrogens is 502 g/mol. The van der Waals surface area contributed by atoms with Gasteiger partial charge in [0.25, 0.3) is 5.91 Å². The van der Waals surface area contributed by atoms with Crippen LogP contribution in [0.4, 0.5) is 5.69 Å². The minimum atomic E-state index is -3.52. The predicted octanol–water partition coefficient (Wildman–Crippen LogP) is 3.93. The maximum atomic E-state index is 12.5. The van der Waals surface area contributed by atoms with Gasteiger partial charge in [0.2, 0.25) is 10.0 Å². The highest BCUT2D eigenvalue weighted by atomic mass is 79.9. The number of rotatable bonds is 9. The second-order valence-electron chi connectivity index (χ2n) is 6.52. The Bertz CT molecular complexity index is 1020. The Hall–Kier alpha value is -2.01. The number of sulfonamides is 1. The first-order valence-corrected chi connectivity index (χ1v) is 12.5. The normalized spacial score (nSPS) is 11.3. The van der Waals surface area contributed by atoms with Crippen molar-refractivity contribution in [2.24, 2.45) is 0 Å². The van der Waals surface area contributed by atoms with Gasteiger partial charge in [0.05, 0.1) is 9.37 Å². The lowest BCUT2D eigenvalue weighted by Crippen LogP contribution is -2.37. The number of hydrogen-bond acceptors (Lipinski definition) is 5. The standard InChI is InChI=1S/C21H26BrN3O4S2/c1-4-15-7-12-19(18(22)13-15)29-14-20(26)24-21(30)23-16-8-10-17(11-9-16)31(27,28)25(5-2)6-3/h7-13H,4-6,14H2,1-3H3,(H2,23,24,26,30). The van der Waals surface area contributed by atoms with E-state index in [1.807, 2.05) is 12.1 Å². The van der Waals surface area contributed by atoms with Crippen LogP contribution in [-0.2, 0) is 21.2 Å². The molecule has 0 heterocycles. The number of thiocarbonyl (C=S) groups is 1. The van der Waals surface area contributed by atoms with Crippen molar-refractivity contribution in [1.29, 1.82) is 0 Å². The Labute approximate surface area is 197 Å². The molecule has 0 saturated heterocycles. The molecule has 0 aromatic heterocycles. The third-order valence-electron chi connectivity index (χ3n) is 4.47. The summed E-state index contributed by atoms with van der Waals surface area (Å²) in [5.41, 5.74) is 1.72. The average molecular weight is 528 g/mol. The third kappa shape index (κ3) is 6.99. The fourth-order valence-corrected chi connectivity index (χ4v) is 5.00. The first-order valence-electron chi connectivity index (χ1n) is 9.83. The SMILES string of the molecule is CCc1ccc(OCC(=O)NC(=S)Nc2ccc(S(=O)(=O)N(CC)CC)cc2)c(Br)c1. The van der Waals surface area contributed by atoms with Crippen LogP contribution in [0.15, 0.2) is 51.8 Å². The van der Waals surface area contributed by atoms with Crippen LogP contribution in [0.25, 0.3) is 0 Å². The minimum absolute atomic E-state index is 0.0911. The van der Waals surface area contributed by atoms with Gasteiger partial charge < -0.3 is 10.1 Å². The molecule has 2 aromatic rings. The Morgan fingerprint density at radius 1 is 1.10 bits per heavy atom. The van der Waals surface area contributed by atoms with Gasteiger partial charge in [-0.25, -0.2) is 8.42 Å². The van der Waals surface area contributed by atoms with Crippen molar-refractivity contribution in [3.63, 3.8) is 0 Å². The van der Waals surface area contributed by atoms with Gasteiger partial charge in [0.1, 0.15) is 5.75 Å². The first kappa shape index (κ1) is 25.3. The van der Waals surface area contributed by atoms with Crippen LogP contribution in [0, 0.1) is 0 Å². The van der Waals surface area contributed by atoms with Gasteiger partial charge in [-0.2, -0.15) is 4.31 Å². The number of carbonyl (C=O) groups excluding carboxylic acids is 1. The zero-order valence-electron chi connectivity index (χ0n) is 17.6. The fraction of sp³-hybridized carbons (Fsp3) is 0.333. The minimum Gasteiger partial charge on any atom is -0.483 e. The molecule has 0 unspecified atom stereocenters. The lowest BCUT2D eigenvalue weighted by atomic mass is 10.2. The number of anilines is 1. The number of ether oxygens (including phenoxy) is 1. The smallest absolute Gasteiger partial charge is 0.264 e. The molecule has 31 heavy (non-hydrogen) atoms. The molecule has 0 spiro atoms. The molecule has 1 amide bonds. The molecule has 2 aromatic carbocycles. The van der Waals surface area contributed by atoms with Crippen molar-refractivity contribution in [2.45, 2.75) is 32.1 Å². The Balaban J connectivity index is 1.90. The molecule has 0 radical (unpaired) electrons. The fourth-order valence-electron chi connectivity index (χ4n) is 2.77. The van der Waals surface area contributed by atoms with Crippen molar-refractivity contribution in [1.82, 2.24) is 9.62 Å². The Morgan fingerprint density at radius 2 is 1.74 bits per heavy atom. The molecule has 0 saturated carbocycles. The predicted molar refractivity (Wildman–Crippen MR) is 130 cm³/mol. The lowest BCUT2D eigenvalue weighted by molar-refractivity contribution is -0.121. The van der Waals surface area contributed by atoms with Crippen molar-refractivity contribution in [2.75, 3.05) is 25.0 Å². The van der Waals surface area contributed by atoms with Crippen LogP contribution in [0.1, 0.15) is 26.3 Å². The summed E-state index contributed by atoms with van der Waals surface area (Å²) < 4.78 is 32.7. The van der Waals surface area contributed by atoms with E-state index in [4.69, 9.17) is 17.0 Å². The second kappa shape index (κ2) is 11.6. The summed E-state index contributed by atoms with van der Waals surface area (Å²) in [6.07, 6.45) is 0.904. The molecule has 0 atom stereocenters. The number of amides is 1. The van der Waals surface area contributed by atoms with E-state index in [-0.39, 0.29) is 16.6 Å². The average Bonchev–Trinajstić information content (AvgIpc) is 2.73. The summed E-state index contributed by atoms with van der Waals surface area (Å²) in [5, 5.41) is 5.49. The highest BCUT2D eigenvalue weighted by Gasteiger charge is 2.21. The number of benzene rings is 2. The van der Waals surface area contributed by atoms with E-state index in [9.17, 15) is 13.2 Å². The van der Waals surface area contributed by atoms with Gasteiger partial charge in [-0.05, 0) is 76.5 Å². The van der Waals surface area contributed by atoms with E-state index in [2.05, 4.69) is 33.5 Å². The highest BCUT2D eigenvalue weighted by Crippen LogP contribution is 2.26. The zero-order chi connectivity index (χ0) is 23.0. The Morgan fingerprint density at radius 3 is 2.29 bits per heavy atom. The first-order chi connectivity index (χ1) is 14.7. The van der Waals surface area contributed by atoms with Gasteiger partial charge in [-0.3, -0.25) is 10.1 Å². The molecule has 10 heteroatoms. The zero-order valence-corrected chi connectivity index (χ0v) is 20.9. The largest absolute Gasteiger partial charge is 0.483 e. The summed E-state index contributed by atoms with van der Waals surface area (Å²) in [7, 11) is -3.52. The van der Waals surface area contributed by atoms with Gasteiger partial charge in [0.15, 0.2) is 11.7 Å². The molecule has 0 aliphatic carbocycles. The van der Waals surface area contributed by atoms with Gasteiger partial charge in [0, 0.05) is 18.8 Å². The third-order valence-corrected chi connectivity index (χ3v) is 7.36. The van der Waals surface area contributed by atoms with E-state index in [0.29, 0.717) is 24.5 Å². The maximum Gasteiger partial charge on any atom is 0.264 e. The van der Waals surface area contributed by atoms with Crippen LogP contribution in [0.5, 0.6) is 5.75 Å². The molecule has 168 valence electrons. The maximum absolute atomic E-state index is 12.5. The van der Waals surface area contributed by atoms with Gasteiger partial charge in [-0.15, -0.1) is 0 Å². The summed E-state index contributed by atoms with van der Waals surface area (Å²) in [4.78, 5) is 12.3. The number of aryl methyl sites for hydroxylation is 1. The van der Waals surface area contributed by atoms with E-state index < -0.39 is 15.9 Å². The summed E-state index contributed by atoms with van der Waals surface area (Å²) in [6, 6.07) is 11.9. The van der Waals surface area contributed by atoms with E-state index in [0.717, 1.165) is 16.5 Å². The molecule has 2 rings (SSSR count). The molecule has 0 aliphatic rings. The van der Waals surface area contributed by atoms with Crippen molar-refractivity contribution in [3.8, 4) is 5.75 Å². The monoisotopic (exact) mass is 527 g/mol. The Kier molecular flexibility index (Phi) is 9.42. The number of nitrogens with zero attached hydrogens (tertiary/aromatic N) is 1. The number of nitrogens with one attached hydrogen (secondary N) is 2. The van der Waals surface area contributed by atoms with Crippen molar-refractivity contribution in [3.05, 3.63) is 52.5 Å². The van der Waals surface area contributed by atoms with Crippen molar-refractivity contribution < 1.29 is 17.9 Å². The summed E-state index contributed by atoms with van der Waals surface area (Å²) in [6.45, 7) is 6.24. The van der Waals surface area contributed by atoms with Crippen LogP contribution >= 0.6 is 28.1 Å². The van der Waals surface area contributed by atoms with E-state index in [1.54, 1.807) is 32.0 Å². The summed E-state index contributed by atoms with van der Waals surface area (Å²) >= 11 is 8.58. The molecule has 0 bridgehead atoms. The van der Waals surface area contributed by atoms with Gasteiger partial charge >= 0.3 is 0 Å². The molecule has 2 N–H and O–H groups in total. The molecule has 7 nitrogen and oxygen atoms in total. The topological polar surface area (TPSA) is 87.7 Å². The highest BCUT2D eigenvalue weighted by molar-refractivity contribution is 9.10.